The first kappa shape index (κ1) is 23.1. The van der Waals surface area contributed by atoms with E-state index in [9.17, 15) is 14.4 Å². The predicted molar refractivity (Wildman–Crippen MR) is 123 cm³/mol. The van der Waals surface area contributed by atoms with Crippen molar-refractivity contribution >= 4 is 23.5 Å². The summed E-state index contributed by atoms with van der Waals surface area (Å²) in [5, 5.41) is 5.75. The van der Waals surface area contributed by atoms with E-state index in [2.05, 4.69) is 10.6 Å². The number of nitrogens with zero attached hydrogens (tertiary/aromatic N) is 2. The smallest absolute Gasteiger partial charge is 0.317 e. The summed E-state index contributed by atoms with van der Waals surface area (Å²) in [6.45, 7) is 7.14. The summed E-state index contributed by atoms with van der Waals surface area (Å²) in [7, 11) is 1.59. The van der Waals surface area contributed by atoms with E-state index in [1.165, 1.54) is 6.92 Å². The molecule has 1 aliphatic heterocycles. The topological polar surface area (TPSA) is 91.0 Å². The largest absolute Gasteiger partial charge is 0.496 e. The van der Waals surface area contributed by atoms with Crippen LogP contribution in [-0.2, 0) is 4.79 Å². The van der Waals surface area contributed by atoms with Crippen LogP contribution in [0.4, 0.5) is 10.5 Å². The first-order valence-electron chi connectivity index (χ1n) is 10.7. The van der Waals surface area contributed by atoms with Gasteiger partial charge in [-0.3, -0.25) is 9.59 Å². The van der Waals surface area contributed by atoms with Gasteiger partial charge in [0.15, 0.2) is 0 Å². The summed E-state index contributed by atoms with van der Waals surface area (Å²) in [4.78, 5) is 40.3. The lowest BCUT2D eigenvalue weighted by atomic mass is 10.1. The third-order valence-corrected chi connectivity index (χ3v) is 5.56. The third-order valence-electron chi connectivity index (χ3n) is 5.56. The zero-order chi connectivity index (χ0) is 23.3. The van der Waals surface area contributed by atoms with E-state index in [0.717, 1.165) is 11.1 Å². The van der Waals surface area contributed by atoms with Crippen LogP contribution in [0, 0.1) is 6.92 Å². The number of hydrogen-bond acceptors (Lipinski definition) is 4. The van der Waals surface area contributed by atoms with Crippen molar-refractivity contribution in [2.75, 3.05) is 38.6 Å². The first-order chi connectivity index (χ1) is 15.3. The number of ether oxygens (including phenoxy) is 1. The molecule has 1 atom stereocenters. The highest BCUT2D eigenvalue weighted by atomic mass is 16.5. The molecular formula is C24H30N4O4. The molecule has 32 heavy (non-hydrogen) atoms. The van der Waals surface area contributed by atoms with E-state index in [1.807, 2.05) is 38.1 Å². The van der Waals surface area contributed by atoms with Gasteiger partial charge in [-0.05, 0) is 49.2 Å². The Bertz CT molecular complexity index is 999. The van der Waals surface area contributed by atoms with Gasteiger partial charge >= 0.3 is 6.03 Å². The molecule has 0 radical (unpaired) electrons. The number of piperazine rings is 1. The van der Waals surface area contributed by atoms with Crippen molar-refractivity contribution in [2.24, 2.45) is 0 Å². The molecule has 0 aliphatic carbocycles. The summed E-state index contributed by atoms with van der Waals surface area (Å²) in [5.41, 5.74) is 3.14. The number of urea groups is 1. The summed E-state index contributed by atoms with van der Waals surface area (Å²) in [6, 6.07) is 12.4. The maximum Gasteiger partial charge on any atom is 0.317 e. The number of carbonyl (C=O) groups excluding carboxylic acids is 3. The summed E-state index contributed by atoms with van der Waals surface area (Å²) in [6.07, 6.45) is 0. The van der Waals surface area contributed by atoms with Gasteiger partial charge in [-0.1, -0.05) is 18.2 Å². The van der Waals surface area contributed by atoms with Gasteiger partial charge in [0.2, 0.25) is 5.91 Å². The van der Waals surface area contributed by atoms with Crippen LogP contribution in [0.1, 0.15) is 41.4 Å². The Labute approximate surface area is 188 Å². The van der Waals surface area contributed by atoms with Crippen molar-refractivity contribution in [3.8, 4) is 5.75 Å². The number of rotatable bonds is 5. The molecule has 4 amide bonds. The standard InChI is InChI=1S/C24H30N4O4/c1-16-8-9-20(15-22(16)32-4)23(30)27-10-12-28(13-11-27)24(31)25-17(2)19-6-5-7-21(14-19)26-18(3)29/h5-9,14-15,17H,10-13H2,1-4H3,(H,25,31)(H,26,29). The molecule has 0 saturated carbocycles. The summed E-state index contributed by atoms with van der Waals surface area (Å²) < 4.78 is 5.32. The minimum absolute atomic E-state index is 0.0634. The molecule has 2 aromatic rings. The Morgan fingerprint density at radius 3 is 2.34 bits per heavy atom. The van der Waals surface area contributed by atoms with Gasteiger partial charge in [0, 0.05) is 44.4 Å². The Morgan fingerprint density at radius 2 is 1.69 bits per heavy atom. The van der Waals surface area contributed by atoms with Gasteiger partial charge in [-0.25, -0.2) is 4.79 Å². The maximum absolute atomic E-state index is 12.8. The molecule has 1 fully saturated rings. The third kappa shape index (κ3) is 5.57. The Hall–Kier alpha value is -3.55. The average Bonchev–Trinajstić information content (AvgIpc) is 2.78. The zero-order valence-corrected chi connectivity index (χ0v) is 19.0. The molecule has 1 heterocycles. The van der Waals surface area contributed by atoms with Crippen molar-refractivity contribution in [3.05, 3.63) is 59.2 Å². The Balaban J connectivity index is 1.55. The SMILES string of the molecule is COc1cc(C(=O)N2CCN(C(=O)NC(C)c3cccc(NC(C)=O)c3)CC2)ccc1C. The van der Waals surface area contributed by atoms with Crippen LogP contribution in [0.25, 0.3) is 0 Å². The average molecular weight is 439 g/mol. The molecule has 170 valence electrons. The minimum Gasteiger partial charge on any atom is -0.496 e. The van der Waals surface area contributed by atoms with E-state index in [1.54, 1.807) is 35.1 Å². The van der Waals surface area contributed by atoms with E-state index >= 15 is 0 Å². The molecule has 0 spiro atoms. The highest BCUT2D eigenvalue weighted by Crippen LogP contribution is 2.21. The number of amides is 4. The molecule has 2 N–H and O–H groups in total. The van der Waals surface area contributed by atoms with Crippen LogP contribution < -0.4 is 15.4 Å². The lowest BCUT2D eigenvalue weighted by molar-refractivity contribution is -0.114. The molecular weight excluding hydrogens is 408 g/mol. The maximum atomic E-state index is 12.8. The first-order valence-corrected chi connectivity index (χ1v) is 10.7. The van der Waals surface area contributed by atoms with Crippen LogP contribution >= 0.6 is 0 Å². The molecule has 8 nitrogen and oxygen atoms in total. The lowest BCUT2D eigenvalue weighted by Crippen LogP contribution is -2.53. The Kier molecular flexibility index (Phi) is 7.35. The number of anilines is 1. The van der Waals surface area contributed by atoms with Gasteiger partial charge < -0.3 is 25.2 Å². The van der Waals surface area contributed by atoms with Crippen molar-refractivity contribution in [3.63, 3.8) is 0 Å². The van der Waals surface area contributed by atoms with Crippen molar-refractivity contribution in [2.45, 2.75) is 26.8 Å². The van der Waals surface area contributed by atoms with E-state index < -0.39 is 0 Å². The molecule has 8 heteroatoms. The van der Waals surface area contributed by atoms with Crippen LogP contribution in [0.5, 0.6) is 5.75 Å². The van der Waals surface area contributed by atoms with Gasteiger partial charge in [-0.2, -0.15) is 0 Å². The van der Waals surface area contributed by atoms with Gasteiger partial charge in [0.25, 0.3) is 5.91 Å². The molecule has 1 aliphatic rings. The lowest BCUT2D eigenvalue weighted by Gasteiger charge is -2.35. The second-order valence-corrected chi connectivity index (χ2v) is 7.94. The van der Waals surface area contributed by atoms with Crippen LogP contribution in [0.15, 0.2) is 42.5 Å². The van der Waals surface area contributed by atoms with Crippen molar-refractivity contribution in [1.82, 2.24) is 15.1 Å². The normalized spacial score (nSPS) is 14.5. The van der Waals surface area contributed by atoms with Crippen LogP contribution in [-0.4, -0.2) is 60.9 Å². The molecule has 0 aromatic heterocycles. The van der Waals surface area contributed by atoms with E-state index in [0.29, 0.717) is 43.2 Å². The Morgan fingerprint density at radius 1 is 1.00 bits per heavy atom. The molecule has 1 saturated heterocycles. The monoisotopic (exact) mass is 438 g/mol. The molecule has 2 aromatic carbocycles. The van der Waals surface area contributed by atoms with Crippen LogP contribution in [0.2, 0.25) is 0 Å². The quantitative estimate of drug-likeness (QED) is 0.750. The van der Waals surface area contributed by atoms with Gasteiger partial charge in [-0.15, -0.1) is 0 Å². The number of methoxy groups -OCH3 is 1. The number of benzene rings is 2. The predicted octanol–water partition coefficient (Wildman–Crippen LogP) is 3.19. The second-order valence-electron chi connectivity index (χ2n) is 7.94. The summed E-state index contributed by atoms with van der Waals surface area (Å²) >= 11 is 0. The fourth-order valence-corrected chi connectivity index (χ4v) is 3.70. The summed E-state index contributed by atoms with van der Waals surface area (Å²) in [5.74, 6) is 0.479. The molecule has 1 unspecified atom stereocenters. The van der Waals surface area contributed by atoms with Gasteiger partial charge in [0.05, 0.1) is 13.2 Å². The highest BCUT2D eigenvalue weighted by molar-refractivity contribution is 5.95. The van der Waals surface area contributed by atoms with Crippen molar-refractivity contribution < 1.29 is 19.1 Å². The van der Waals surface area contributed by atoms with E-state index in [-0.39, 0.29) is 23.9 Å². The van der Waals surface area contributed by atoms with E-state index in [4.69, 9.17) is 4.74 Å². The fraction of sp³-hybridized carbons (Fsp3) is 0.375. The zero-order valence-electron chi connectivity index (χ0n) is 19.0. The second kappa shape index (κ2) is 10.2. The molecule has 0 bridgehead atoms. The van der Waals surface area contributed by atoms with Crippen molar-refractivity contribution in [1.29, 1.82) is 0 Å². The number of aryl methyl sites for hydroxylation is 1. The number of carbonyl (C=O) groups is 3. The fourth-order valence-electron chi connectivity index (χ4n) is 3.70. The van der Waals surface area contributed by atoms with Crippen LogP contribution in [0.3, 0.4) is 0 Å². The number of hydrogen-bond donors (Lipinski definition) is 2. The number of nitrogens with one attached hydrogen (secondary N) is 2. The highest BCUT2D eigenvalue weighted by Gasteiger charge is 2.26. The van der Waals surface area contributed by atoms with Gasteiger partial charge in [0.1, 0.15) is 5.75 Å². The minimum atomic E-state index is -0.226. The molecule has 3 rings (SSSR count).